The Bertz CT molecular complexity index is 1290. The summed E-state index contributed by atoms with van der Waals surface area (Å²) in [6, 6.07) is 21.5. The highest BCUT2D eigenvalue weighted by molar-refractivity contribution is 8.04. The highest BCUT2D eigenvalue weighted by Gasteiger charge is 2.31. The van der Waals surface area contributed by atoms with Gasteiger partial charge >= 0.3 is 0 Å². The number of nitrogens with zero attached hydrogens (tertiary/aromatic N) is 3. The topological polar surface area (TPSA) is 43.9 Å². The Morgan fingerprint density at radius 3 is 2.39 bits per heavy atom. The van der Waals surface area contributed by atoms with Crippen molar-refractivity contribution in [2.24, 2.45) is 0 Å². The standard InChI is InChI=1S/C29H28FN3O2S/c1-2-31-14-16-32(17-15-31)28(34)23-10-13-26-25(19-23)33(20-22-8-11-24(30)12-9-22)29(35)27(36-26)18-21-6-4-3-5-7-21/h3-13,18-19H,2,14-17,20H2,1H3. The summed E-state index contributed by atoms with van der Waals surface area (Å²) in [6.45, 7) is 6.52. The van der Waals surface area contributed by atoms with Crippen LogP contribution in [0.3, 0.4) is 0 Å². The zero-order chi connectivity index (χ0) is 25.1. The zero-order valence-electron chi connectivity index (χ0n) is 20.2. The van der Waals surface area contributed by atoms with Crippen LogP contribution in [0.15, 0.2) is 82.6 Å². The maximum Gasteiger partial charge on any atom is 0.265 e. The van der Waals surface area contributed by atoms with Crippen LogP contribution >= 0.6 is 11.8 Å². The molecule has 36 heavy (non-hydrogen) atoms. The second-order valence-corrected chi connectivity index (χ2v) is 10.0. The molecule has 5 rings (SSSR count). The van der Waals surface area contributed by atoms with Crippen molar-refractivity contribution in [1.82, 2.24) is 9.80 Å². The molecular weight excluding hydrogens is 473 g/mol. The van der Waals surface area contributed by atoms with E-state index in [1.54, 1.807) is 17.0 Å². The third-order valence-electron chi connectivity index (χ3n) is 6.63. The lowest BCUT2D eigenvalue weighted by Gasteiger charge is -2.35. The molecule has 184 valence electrons. The van der Waals surface area contributed by atoms with E-state index in [4.69, 9.17) is 0 Å². The molecule has 0 bridgehead atoms. The molecule has 0 unspecified atom stereocenters. The van der Waals surface area contributed by atoms with E-state index in [1.165, 1.54) is 23.9 Å². The average Bonchev–Trinajstić information content (AvgIpc) is 2.92. The van der Waals surface area contributed by atoms with Crippen molar-refractivity contribution in [3.8, 4) is 0 Å². The summed E-state index contributed by atoms with van der Waals surface area (Å²) in [5.74, 6) is -0.472. The number of rotatable bonds is 5. The van der Waals surface area contributed by atoms with Gasteiger partial charge in [-0.25, -0.2) is 4.39 Å². The predicted octanol–water partition coefficient (Wildman–Crippen LogP) is 5.28. The fourth-order valence-corrected chi connectivity index (χ4v) is 5.56. The van der Waals surface area contributed by atoms with Crippen molar-refractivity contribution in [2.45, 2.75) is 18.4 Å². The summed E-state index contributed by atoms with van der Waals surface area (Å²) >= 11 is 1.41. The van der Waals surface area contributed by atoms with Crippen LogP contribution in [0, 0.1) is 5.82 Å². The summed E-state index contributed by atoms with van der Waals surface area (Å²) in [5, 5.41) is 0. The maximum absolute atomic E-state index is 13.7. The number of piperazine rings is 1. The minimum Gasteiger partial charge on any atom is -0.336 e. The molecule has 1 saturated heterocycles. The van der Waals surface area contributed by atoms with E-state index >= 15 is 0 Å². The third kappa shape index (κ3) is 5.22. The molecule has 7 heteroatoms. The molecule has 1 fully saturated rings. The van der Waals surface area contributed by atoms with Crippen molar-refractivity contribution in [1.29, 1.82) is 0 Å². The number of halogens is 1. The van der Waals surface area contributed by atoms with E-state index < -0.39 is 0 Å². The molecule has 3 aromatic carbocycles. The number of carbonyl (C=O) groups excluding carboxylic acids is 2. The molecular formula is C29H28FN3O2S. The van der Waals surface area contributed by atoms with E-state index in [2.05, 4.69) is 11.8 Å². The van der Waals surface area contributed by atoms with Gasteiger partial charge in [-0.15, -0.1) is 0 Å². The van der Waals surface area contributed by atoms with Crippen LogP contribution in [0.1, 0.15) is 28.4 Å². The molecule has 5 nitrogen and oxygen atoms in total. The lowest BCUT2D eigenvalue weighted by Crippen LogP contribution is -2.48. The van der Waals surface area contributed by atoms with Crippen LogP contribution in [-0.2, 0) is 11.3 Å². The molecule has 0 aromatic heterocycles. The number of fused-ring (bicyclic) bond motifs is 1. The first-order valence-corrected chi connectivity index (χ1v) is 13.0. The van der Waals surface area contributed by atoms with Crippen molar-refractivity contribution >= 4 is 35.3 Å². The predicted molar refractivity (Wildman–Crippen MR) is 142 cm³/mol. The molecule has 0 atom stereocenters. The monoisotopic (exact) mass is 501 g/mol. The van der Waals surface area contributed by atoms with Gasteiger partial charge < -0.3 is 14.7 Å². The van der Waals surface area contributed by atoms with Gasteiger partial charge in [0.15, 0.2) is 0 Å². The first-order chi connectivity index (χ1) is 17.5. The van der Waals surface area contributed by atoms with Crippen LogP contribution in [0.4, 0.5) is 10.1 Å². The SMILES string of the molecule is CCN1CCN(C(=O)c2ccc3c(c2)N(Cc2ccc(F)cc2)C(=O)C(=Cc2ccccc2)S3)CC1. The van der Waals surface area contributed by atoms with E-state index in [-0.39, 0.29) is 24.2 Å². The number of thioether (sulfide) groups is 1. The van der Waals surface area contributed by atoms with E-state index in [0.29, 0.717) is 29.2 Å². The van der Waals surface area contributed by atoms with Gasteiger partial charge in [-0.2, -0.15) is 0 Å². The summed E-state index contributed by atoms with van der Waals surface area (Å²) < 4.78 is 13.5. The van der Waals surface area contributed by atoms with Crippen molar-refractivity contribution in [3.63, 3.8) is 0 Å². The molecule has 0 spiro atoms. The zero-order valence-corrected chi connectivity index (χ0v) is 21.0. The fraction of sp³-hybridized carbons (Fsp3) is 0.241. The highest BCUT2D eigenvalue weighted by Crippen LogP contribution is 2.43. The summed E-state index contributed by atoms with van der Waals surface area (Å²) in [5.41, 5.74) is 3.04. The van der Waals surface area contributed by atoms with Crippen LogP contribution in [0.2, 0.25) is 0 Å². The molecule has 0 saturated carbocycles. The third-order valence-corrected chi connectivity index (χ3v) is 7.71. The first kappa shape index (κ1) is 24.3. The lowest BCUT2D eigenvalue weighted by atomic mass is 10.1. The van der Waals surface area contributed by atoms with Gasteiger partial charge in [-0.3, -0.25) is 9.59 Å². The van der Waals surface area contributed by atoms with E-state index in [0.717, 1.165) is 35.7 Å². The van der Waals surface area contributed by atoms with Crippen molar-refractivity contribution < 1.29 is 14.0 Å². The fourth-order valence-electron chi connectivity index (χ4n) is 4.52. The number of carbonyl (C=O) groups is 2. The molecule has 0 N–H and O–H groups in total. The smallest absolute Gasteiger partial charge is 0.265 e. The van der Waals surface area contributed by atoms with Gasteiger partial charge in [0.05, 0.1) is 17.1 Å². The van der Waals surface area contributed by atoms with Gasteiger partial charge in [0.1, 0.15) is 5.82 Å². The number of benzene rings is 3. The second kappa shape index (κ2) is 10.7. The Kier molecular flexibility index (Phi) is 7.20. The van der Waals surface area contributed by atoms with Gasteiger partial charge in [-0.05, 0) is 54.1 Å². The summed E-state index contributed by atoms with van der Waals surface area (Å²) in [4.78, 5) is 34.4. The highest BCUT2D eigenvalue weighted by atomic mass is 32.2. The normalized spacial score (nSPS) is 17.4. The quantitative estimate of drug-likeness (QED) is 0.446. The molecule has 2 aliphatic rings. The number of hydrogen-bond donors (Lipinski definition) is 0. The van der Waals surface area contributed by atoms with Crippen LogP contribution < -0.4 is 4.90 Å². The van der Waals surface area contributed by atoms with Crippen molar-refractivity contribution in [2.75, 3.05) is 37.6 Å². The summed E-state index contributed by atoms with van der Waals surface area (Å²) in [7, 11) is 0. The second-order valence-electron chi connectivity index (χ2n) is 8.95. The number of hydrogen-bond acceptors (Lipinski definition) is 4. The van der Waals surface area contributed by atoms with Crippen molar-refractivity contribution in [3.05, 3.63) is 100 Å². The molecule has 0 radical (unpaired) electrons. The molecule has 2 aliphatic heterocycles. The van der Waals surface area contributed by atoms with Gasteiger partial charge in [-0.1, -0.05) is 61.2 Å². The Morgan fingerprint density at radius 2 is 1.69 bits per heavy atom. The molecule has 0 aliphatic carbocycles. The largest absolute Gasteiger partial charge is 0.336 e. The van der Waals surface area contributed by atoms with Gasteiger partial charge in [0.25, 0.3) is 11.8 Å². The Hall–Kier alpha value is -3.42. The Balaban J connectivity index is 1.48. The number of anilines is 1. The number of likely N-dealkylation sites (N-methyl/N-ethyl adjacent to an activating group) is 1. The molecule has 3 aromatic rings. The first-order valence-electron chi connectivity index (χ1n) is 12.2. The molecule has 2 heterocycles. The van der Waals surface area contributed by atoms with Gasteiger partial charge in [0.2, 0.25) is 0 Å². The molecule has 2 amide bonds. The van der Waals surface area contributed by atoms with Crippen LogP contribution in [0.5, 0.6) is 0 Å². The van der Waals surface area contributed by atoms with E-state index in [1.807, 2.05) is 59.5 Å². The van der Waals surface area contributed by atoms with Gasteiger partial charge in [0, 0.05) is 36.6 Å². The van der Waals surface area contributed by atoms with E-state index in [9.17, 15) is 14.0 Å². The minimum absolute atomic E-state index is 0.0154. The van der Waals surface area contributed by atoms with Crippen LogP contribution in [0.25, 0.3) is 6.08 Å². The Morgan fingerprint density at radius 1 is 0.972 bits per heavy atom. The number of amides is 2. The minimum atomic E-state index is -0.319. The van der Waals surface area contributed by atoms with Crippen LogP contribution in [-0.4, -0.2) is 54.3 Å². The lowest BCUT2D eigenvalue weighted by molar-refractivity contribution is -0.114. The average molecular weight is 502 g/mol. The maximum atomic E-state index is 13.7. The summed E-state index contributed by atoms with van der Waals surface area (Å²) in [6.07, 6.45) is 1.89. The Labute approximate surface area is 215 Å².